The number of aliphatic hydroxyl groups excluding tert-OH is 1. The first-order chi connectivity index (χ1) is 7.36. The van der Waals surface area contributed by atoms with Crippen molar-refractivity contribution in [3.05, 3.63) is 30.1 Å². The van der Waals surface area contributed by atoms with E-state index in [2.05, 4.69) is 11.1 Å². The van der Waals surface area contributed by atoms with Crippen LogP contribution in [0.25, 0.3) is 11.0 Å². The van der Waals surface area contributed by atoms with Crippen LogP contribution < -0.4 is 0 Å². The summed E-state index contributed by atoms with van der Waals surface area (Å²) in [6.07, 6.45) is 0.424. The van der Waals surface area contributed by atoms with Gasteiger partial charge in [-0.05, 0) is 12.1 Å². The number of aryl methyl sites for hydroxylation is 1. The molecule has 0 radical (unpaired) electrons. The molecule has 2 aromatic rings. The number of hydrogen-bond acceptors (Lipinski definition) is 3. The number of aliphatic hydroxyl groups is 1. The van der Waals surface area contributed by atoms with Gasteiger partial charge in [-0.3, -0.25) is 0 Å². The van der Waals surface area contributed by atoms with Gasteiger partial charge in [0.15, 0.2) is 0 Å². The highest BCUT2D eigenvalue weighted by Crippen LogP contribution is 2.16. The smallest absolute Gasteiger partial charge is 0.135 e. The van der Waals surface area contributed by atoms with Gasteiger partial charge in [-0.1, -0.05) is 12.1 Å². The molecule has 1 N–H and O–H groups in total. The van der Waals surface area contributed by atoms with Crippen LogP contribution in [0.5, 0.6) is 0 Å². The maximum absolute atomic E-state index is 9.15. The van der Waals surface area contributed by atoms with Crippen molar-refractivity contribution >= 4 is 11.0 Å². The SMILES string of the molecule is N#CCCn1c(CO)nc2ccccc21. The minimum absolute atomic E-state index is 0.0971. The second-order valence-corrected chi connectivity index (χ2v) is 3.23. The van der Waals surface area contributed by atoms with Crippen molar-refractivity contribution in [2.45, 2.75) is 19.6 Å². The van der Waals surface area contributed by atoms with E-state index in [0.717, 1.165) is 11.0 Å². The van der Waals surface area contributed by atoms with E-state index in [-0.39, 0.29) is 6.61 Å². The van der Waals surface area contributed by atoms with Crippen molar-refractivity contribution in [1.29, 1.82) is 5.26 Å². The Labute approximate surface area is 87.4 Å². The number of hydrogen-bond donors (Lipinski definition) is 1. The Balaban J connectivity index is 2.52. The number of aromatic nitrogens is 2. The third kappa shape index (κ3) is 1.69. The second kappa shape index (κ2) is 4.11. The Morgan fingerprint density at radius 2 is 2.20 bits per heavy atom. The Kier molecular flexibility index (Phi) is 2.66. The fourth-order valence-electron chi connectivity index (χ4n) is 1.66. The Bertz CT molecular complexity index is 510. The topological polar surface area (TPSA) is 61.8 Å². The summed E-state index contributed by atoms with van der Waals surface area (Å²) >= 11 is 0. The molecular formula is C11H11N3O. The molecule has 0 spiro atoms. The predicted octanol–water partition coefficient (Wildman–Crippen LogP) is 1.44. The summed E-state index contributed by atoms with van der Waals surface area (Å²) in [5.74, 6) is 0.617. The van der Waals surface area contributed by atoms with Crippen LogP contribution in [0, 0.1) is 11.3 Å². The predicted molar refractivity (Wildman–Crippen MR) is 55.9 cm³/mol. The van der Waals surface area contributed by atoms with Crippen LogP contribution in [-0.4, -0.2) is 14.7 Å². The molecule has 0 aliphatic carbocycles. The summed E-state index contributed by atoms with van der Waals surface area (Å²) in [5.41, 5.74) is 1.83. The van der Waals surface area contributed by atoms with Gasteiger partial charge in [0, 0.05) is 6.54 Å². The highest BCUT2D eigenvalue weighted by atomic mass is 16.3. The van der Waals surface area contributed by atoms with Crippen LogP contribution >= 0.6 is 0 Å². The van der Waals surface area contributed by atoms with Gasteiger partial charge in [0.25, 0.3) is 0 Å². The lowest BCUT2D eigenvalue weighted by Gasteiger charge is -2.03. The van der Waals surface area contributed by atoms with E-state index in [1.807, 2.05) is 28.8 Å². The molecule has 0 atom stereocenters. The van der Waals surface area contributed by atoms with Crippen LogP contribution in [0.1, 0.15) is 12.2 Å². The van der Waals surface area contributed by atoms with E-state index in [4.69, 9.17) is 10.4 Å². The first-order valence-electron chi connectivity index (χ1n) is 4.78. The molecular weight excluding hydrogens is 190 g/mol. The summed E-state index contributed by atoms with van der Waals surface area (Å²) in [6, 6.07) is 9.77. The number of imidazole rings is 1. The van der Waals surface area contributed by atoms with Gasteiger partial charge in [-0.15, -0.1) is 0 Å². The zero-order valence-electron chi connectivity index (χ0n) is 8.22. The van der Waals surface area contributed by atoms with Gasteiger partial charge in [-0.2, -0.15) is 5.26 Å². The molecule has 2 rings (SSSR count). The van der Waals surface area contributed by atoms with Crippen molar-refractivity contribution in [2.75, 3.05) is 0 Å². The van der Waals surface area contributed by atoms with Crippen LogP contribution in [-0.2, 0) is 13.2 Å². The summed E-state index contributed by atoms with van der Waals surface area (Å²) in [7, 11) is 0. The number of rotatable bonds is 3. The van der Waals surface area contributed by atoms with Gasteiger partial charge in [0.1, 0.15) is 12.4 Å². The van der Waals surface area contributed by atoms with E-state index in [1.54, 1.807) is 0 Å². The highest BCUT2D eigenvalue weighted by molar-refractivity contribution is 5.75. The molecule has 0 fully saturated rings. The Hall–Kier alpha value is -1.86. The Morgan fingerprint density at radius 1 is 1.40 bits per heavy atom. The molecule has 4 nitrogen and oxygen atoms in total. The summed E-state index contributed by atoms with van der Waals surface area (Å²) < 4.78 is 1.89. The quantitative estimate of drug-likeness (QED) is 0.817. The van der Waals surface area contributed by atoms with Crippen molar-refractivity contribution in [3.8, 4) is 6.07 Å². The van der Waals surface area contributed by atoms with Gasteiger partial charge >= 0.3 is 0 Å². The molecule has 76 valence electrons. The molecule has 4 heteroatoms. The minimum atomic E-state index is -0.0971. The lowest BCUT2D eigenvalue weighted by Crippen LogP contribution is -2.03. The van der Waals surface area contributed by atoms with Crippen LogP contribution in [0.2, 0.25) is 0 Å². The van der Waals surface area contributed by atoms with Crippen molar-refractivity contribution < 1.29 is 5.11 Å². The second-order valence-electron chi connectivity index (χ2n) is 3.23. The normalized spacial score (nSPS) is 10.4. The average Bonchev–Trinajstić information content (AvgIpc) is 2.64. The number of fused-ring (bicyclic) bond motifs is 1. The molecule has 0 bridgehead atoms. The molecule has 0 aliphatic rings. The average molecular weight is 201 g/mol. The fraction of sp³-hybridized carbons (Fsp3) is 0.273. The molecule has 1 aromatic carbocycles. The maximum atomic E-state index is 9.15. The third-order valence-electron chi connectivity index (χ3n) is 2.32. The van der Waals surface area contributed by atoms with Crippen molar-refractivity contribution in [3.63, 3.8) is 0 Å². The van der Waals surface area contributed by atoms with Gasteiger partial charge in [-0.25, -0.2) is 4.98 Å². The zero-order valence-corrected chi connectivity index (χ0v) is 8.22. The Morgan fingerprint density at radius 3 is 2.93 bits per heavy atom. The van der Waals surface area contributed by atoms with Crippen LogP contribution in [0.4, 0.5) is 0 Å². The maximum Gasteiger partial charge on any atom is 0.135 e. The van der Waals surface area contributed by atoms with Crippen molar-refractivity contribution in [1.82, 2.24) is 9.55 Å². The van der Waals surface area contributed by atoms with E-state index in [1.165, 1.54) is 0 Å². The summed E-state index contributed by atoms with van der Waals surface area (Å²) in [5, 5.41) is 17.7. The molecule has 0 saturated heterocycles. The number of para-hydroxylation sites is 2. The lowest BCUT2D eigenvalue weighted by atomic mass is 10.3. The zero-order chi connectivity index (χ0) is 10.7. The van der Waals surface area contributed by atoms with Gasteiger partial charge < -0.3 is 9.67 Å². The van der Waals surface area contributed by atoms with E-state index in [9.17, 15) is 0 Å². The van der Waals surface area contributed by atoms with Gasteiger partial charge in [0.05, 0.1) is 23.5 Å². The van der Waals surface area contributed by atoms with E-state index >= 15 is 0 Å². The third-order valence-corrected chi connectivity index (χ3v) is 2.32. The highest BCUT2D eigenvalue weighted by Gasteiger charge is 2.08. The van der Waals surface area contributed by atoms with Crippen molar-refractivity contribution in [2.24, 2.45) is 0 Å². The van der Waals surface area contributed by atoms with E-state index < -0.39 is 0 Å². The van der Waals surface area contributed by atoms with Gasteiger partial charge in [0.2, 0.25) is 0 Å². The van der Waals surface area contributed by atoms with Crippen LogP contribution in [0.15, 0.2) is 24.3 Å². The minimum Gasteiger partial charge on any atom is -0.388 e. The number of benzene rings is 1. The molecule has 1 heterocycles. The van der Waals surface area contributed by atoms with E-state index in [0.29, 0.717) is 18.8 Å². The summed E-state index contributed by atoms with van der Waals surface area (Å²) in [4.78, 5) is 4.29. The number of nitriles is 1. The molecule has 0 aliphatic heterocycles. The molecule has 0 saturated carbocycles. The largest absolute Gasteiger partial charge is 0.388 e. The number of nitrogens with zero attached hydrogens (tertiary/aromatic N) is 3. The molecule has 1 aromatic heterocycles. The summed E-state index contributed by atoms with van der Waals surface area (Å²) in [6.45, 7) is 0.479. The fourth-order valence-corrected chi connectivity index (χ4v) is 1.66. The molecule has 0 unspecified atom stereocenters. The first kappa shape index (κ1) is 9.69. The standard InChI is InChI=1S/C11H11N3O/c12-6-3-7-14-10-5-2-1-4-9(10)13-11(14)8-15/h1-2,4-5,15H,3,7-8H2. The molecule has 15 heavy (non-hydrogen) atoms. The van der Waals surface area contributed by atoms with Crippen LogP contribution in [0.3, 0.4) is 0 Å². The lowest BCUT2D eigenvalue weighted by molar-refractivity contribution is 0.266. The monoisotopic (exact) mass is 201 g/mol. The first-order valence-corrected chi connectivity index (χ1v) is 4.78. The molecule has 0 amide bonds.